The van der Waals surface area contributed by atoms with Crippen LogP contribution in [0.15, 0.2) is 34.9 Å². The van der Waals surface area contributed by atoms with Crippen molar-refractivity contribution < 1.29 is 19.2 Å². The van der Waals surface area contributed by atoms with Crippen molar-refractivity contribution in [2.45, 2.75) is 32.0 Å². The van der Waals surface area contributed by atoms with E-state index < -0.39 is 18.1 Å². The lowest BCUT2D eigenvalue weighted by atomic mass is 9.91. The Morgan fingerprint density at radius 3 is 2.80 bits per heavy atom. The number of β-lactam (4-membered cyclic amide) rings is 1. The second-order valence-electron chi connectivity index (χ2n) is 6.73. The highest BCUT2D eigenvalue weighted by Gasteiger charge is 2.57. The lowest BCUT2D eigenvalue weighted by Gasteiger charge is -2.43. The van der Waals surface area contributed by atoms with Gasteiger partial charge in [0.05, 0.1) is 12.1 Å². The van der Waals surface area contributed by atoms with E-state index in [2.05, 4.69) is 10.5 Å². The number of amides is 2. The van der Waals surface area contributed by atoms with Gasteiger partial charge in [0.15, 0.2) is 0 Å². The van der Waals surface area contributed by atoms with E-state index >= 15 is 0 Å². The van der Waals surface area contributed by atoms with Crippen molar-refractivity contribution in [3.8, 4) is 11.3 Å². The largest absolute Gasteiger partial charge is 0.391 e. The average Bonchev–Trinajstić information content (AvgIpc) is 3.12. The molecule has 4 atom stereocenters. The Morgan fingerprint density at radius 2 is 2.08 bits per heavy atom. The van der Waals surface area contributed by atoms with E-state index in [-0.39, 0.29) is 17.9 Å². The second kappa shape index (κ2) is 5.70. The Balaban J connectivity index is 1.59. The first kappa shape index (κ1) is 15.8. The number of fused-ring (bicyclic) bond motifs is 1. The topological polar surface area (TPSA) is 95.7 Å². The van der Waals surface area contributed by atoms with Crippen molar-refractivity contribution in [1.29, 1.82) is 0 Å². The number of aliphatic hydroxyl groups excluding tert-OH is 1. The number of benzene rings is 1. The van der Waals surface area contributed by atoms with Crippen molar-refractivity contribution in [1.82, 2.24) is 15.4 Å². The summed E-state index contributed by atoms with van der Waals surface area (Å²) in [5.41, 5.74) is 1.53. The van der Waals surface area contributed by atoms with Crippen LogP contribution < -0.4 is 5.32 Å². The molecule has 3 unspecified atom stereocenters. The summed E-state index contributed by atoms with van der Waals surface area (Å²) in [6, 6.07) is 8.20. The first-order valence-corrected chi connectivity index (χ1v) is 8.30. The van der Waals surface area contributed by atoms with Gasteiger partial charge in [0.25, 0.3) is 5.91 Å². The van der Waals surface area contributed by atoms with Gasteiger partial charge in [0.2, 0.25) is 5.91 Å². The number of rotatable bonds is 3. The molecule has 0 saturated carbocycles. The van der Waals surface area contributed by atoms with Crippen molar-refractivity contribution in [2.75, 3.05) is 6.54 Å². The van der Waals surface area contributed by atoms with Crippen LogP contribution in [0.25, 0.3) is 11.3 Å². The predicted molar refractivity (Wildman–Crippen MR) is 88.6 cm³/mol. The van der Waals surface area contributed by atoms with Gasteiger partial charge in [0, 0.05) is 18.0 Å². The number of nitrogens with one attached hydrogen (secondary N) is 1. The summed E-state index contributed by atoms with van der Waals surface area (Å²) in [6.07, 6.45) is -0.625. The normalized spacial score (nSPS) is 27.8. The number of carbonyl (C=O) groups excluding carboxylic acids is 2. The minimum atomic E-state index is -0.703. The van der Waals surface area contributed by atoms with Gasteiger partial charge in [0.1, 0.15) is 23.1 Å². The van der Waals surface area contributed by atoms with Gasteiger partial charge in [-0.15, -0.1) is 0 Å². The number of hydrogen-bond donors (Lipinski definition) is 2. The number of hydrogen-bond acceptors (Lipinski definition) is 5. The van der Waals surface area contributed by atoms with E-state index in [1.807, 2.05) is 37.3 Å². The first-order chi connectivity index (χ1) is 12.0. The van der Waals surface area contributed by atoms with Crippen molar-refractivity contribution in [3.63, 3.8) is 0 Å². The average molecular weight is 341 g/mol. The van der Waals surface area contributed by atoms with Gasteiger partial charge >= 0.3 is 0 Å². The summed E-state index contributed by atoms with van der Waals surface area (Å²) >= 11 is 0. The highest BCUT2D eigenvalue weighted by atomic mass is 16.5. The van der Waals surface area contributed by atoms with E-state index in [9.17, 15) is 14.7 Å². The molecule has 0 spiro atoms. The molecule has 2 saturated heterocycles. The summed E-state index contributed by atoms with van der Waals surface area (Å²) in [6.45, 7) is 4.08. The van der Waals surface area contributed by atoms with Gasteiger partial charge in [-0.2, -0.15) is 0 Å². The van der Waals surface area contributed by atoms with Crippen LogP contribution >= 0.6 is 0 Å². The fourth-order valence-corrected chi connectivity index (χ4v) is 3.71. The molecule has 4 rings (SSSR count). The SMILES string of the molecule is Cc1onc(-c2ccccc2)c1C(=O)NC1C(=O)N2CC(C)C(O)[C@H]12. The molecule has 2 N–H and O–H groups in total. The van der Waals surface area contributed by atoms with E-state index in [4.69, 9.17) is 4.52 Å². The molecule has 1 aromatic carbocycles. The smallest absolute Gasteiger partial charge is 0.257 e. The quantitative estimate of drug-likeness (QED) is 0.811. The van der Waals surface area contributed by atoms with Gasteiger partial charge < -0.3 is 19.8 Å². The molecular weight excluding hydrogens is 322 g/mol. The van der Waals surface area contributed by atoms with Gasteiger partial charge in [-0.05, 0) is 6.92 Å². The maximum Gasteiger partial charge on any atom is 0.257 e. The lowest BCUT2D eigenvalue weighted by Crippen LogP contribution is -2.70. The van der Waals surface area contributed by atoms with Crippen LogP contribution in [0.2, 0.25) is 0 Å². The number of nitrogens with zero attached hydrogens (tertiary/aromatic N) is 2. The third kappa shape index (κ3) is 2.34. The van der Waals surface area contributed by atoms with Crippen molar-refractivity contribution in [2.24, 2.45) is 5.92 Å². The minimum Gasteiger partial charge on any atom is -0.391 e. The minimum absolute atomic E-state index is 0.00746. The Kier molecular flexibility index (Phi) is 3.61. The molecule has 0 radical (unpaired) electrons. The molecule has 1 aromatic heterocycles. The number of aromatic nitrogens is 1. The van der Waals surface area contributed by atoms with E-state index in [0.29, 0.717) is 23.6 Å². The fraction of sp³-hybridized carbons (Fsp3) is 0.389. The third-order valence-corrected chi connectivity index (χ3v) is 5.09. The van der Waals surface area contributed by atoms with Crippen molar-refractivity contribution in [3.05, 3.63) is 41.7 Å². The van der Waals surface area contributed by atoms with Crippen LogP contribution in [-0.2, 0) is 4.79 Å². The summed E-state index contributed by atoms with van der Waals surface area (Å²) in [5, 5.41) is 17.0. The molecule has 130 valence electrons. The monoisotopic (exact) mass is 341 g/mol. The molecule has 2 fully saturated rings. The Hall–Kier alpha value is -2.67. The molecule has 0 aliphatic carbocycles. The van der Waals surface area contributed by atoms with E-state index in [1.165, 1.54) is 0 Å². The molecule has 3 heterocycles. The van der Waals surface area contributed by atoms with Crippen LogP contribution in [0.1, 0.15) is 23.0 Å². The van der Waals surface area contributed by atoms with Crippen LogP contribution in [0.3, 0.4) is 0 Å². The molecule has 25 heavy (non-hydrogen) atoms. The van der Waals surface area contributed by atoms with Crippen LogP contribution in [0, 0.1) is 12.8 Å². The zero-order valence-corrected chi connectivity index (χ0v) is 14.0. The van der Waals surface area contributed by atoms with Crippen LogP contribution in [0.4, 0.5) is 0 Å². The summed E-state index contributed by atoms with van der Waals surface area (Å²) < 4.78 is 5.20. The van der Waals surface area contributed by atoms with Gasteiger partial charge in [-0.25, -0.2) is 0 Å². The fourth-order valence-electron chi connectivity index (χ4n) is 3.71. The third-order valence-electron chi connectivity index (χ3n) is 5.09. The zero-order valence-electron chi connectivity index (χ0n) is 14.0. The molecule has 2 aromatic rings. The standard InChI is InChI=1S/C18H19N3O4/c1-9-8-21-15(16(9)22)14(18(21)24)19-17(23)12-10(2)25-20-13(12)11-6-4-3-5-7-11/h3-7,9,14-16,22H,8H2,1-2H3,(H,19,23)/t9?,14?,15-,16?/m0/s1. The maximum absolute atomic E-state index is 12.8. The summed E-state index contributed by atoms with van der Waals surface area (Å²) in [4.78, 5) is 26.6. The lowest BCUT2D eigenvalue weighted by molar-refractivity contribution is -0.150. The Bertz CT molecular complexity index is 832. The predicted octanol–water partition coefficient (Wildman–Crippen LogP) is 0.970. The Morgan fingerprint density at radius 1 is 1.36 bits per heavy atom. The summed E-state index contributed by atoms with van der Waals surface area (Å²) in [5.74, 6) is -0.173. The number of aryl methyl sites for hydroxylation is 1. The first-order valence-electron chi connectivity index (χ1n) is 8.30. The van der Waals surface area contributed by atoms with Crippen LogP contribution in [0.5, 0.6) is 0 Å². The van der Waals surface area contributed by atoms with Crippen molar-refractivity contribution >= 4 is 11.8 Å². The molecule has 2 amide bonds. The van der Waals surface area contributed by atoms with E-state index in [1.54, 1.807) is 11.8 Å². The molecule has 7 heteroatoms. The summed E-state index contributed by atoms with van der Waals surface area (Å²) in [7, 11) is 0. The molecule has 2 aliphatic heterocycles. The number of carbonyl (C=O) groups is 2. The molecule has 0 bridgehead atoms. The zero-order chi connectivity index (χ0) is 17.7. The highest BCUT2D eigenvalue weighted by Crippen LogP contribution is 2.35. The molecular formula is C18H19N3O4. The van der Waals surface area contributed by atoms with E-state index in [0.717, 1.165) is 5.56 Å². The maximum atomic E-state index is 12.8. The second-order valence-corrected chi connectivity index (χ2v) is 6.73. The molecule has 7 nitrogen and oxygen atoms in total. The van der Waals surface area contributed by atoms with Gasteiger partial charge in [-0.1, -0.05) is 42.4 Å². The molecule has 2 aliphatic rings. The van der Waals surface area contributed by atoms with Crippen LogP contribution in [-0.4, -0.2) is 51.7 Å². The van der Waals surface area contributed by atoms with Gasteiger partial charge in [-0.3, -0.25) is 9.59 Å². The highest BCUT2D eigenvalue weighted by molar-refractivity contribution is 6.04. The Labute approximate surface area is 144 Å². The number of aliphatic hydroxyl groups is 1.